The van der Waals surface area contributed by atoms with Gasteiger partial charge in [0.05, 0.1) is 7.11 Å². The molecule has 0 radical (unpaired) electrons. The third-order valence-electron chi connectivity index (χ3n) is 5.65. The second-order valence-corrected chi connectivity index (χ2v) is 8.03. The standard InChI is InChI=1S/C26H34N4O3/c1-4-15-30(26(32)27-5-2)19-25(31)29(18-20-10-12-22(33-3)13-11-20)16-14-21-17-28-24-9-7-6-8-23(21)24/h6-13,17,28H,4-5,14-16,18-19H2,1-3H3,(H,27,32). The number of hydrogen-bond acceptors (Lipinski definition) is 3. The van der Waals surface area contributed by atoms with Crippen molar-refractivity contribution in [3.05, 3.63) is 65.9 Å². The zero-order chi connectivity index (χ0) is 23.6. The number of carbonyl (C=O) groups excluding carboxylic acids is 2. The lowest BCUT2D eigenvalue weighted by molar-refractivity contribution is -0.132. The Kier molecular flexibility index (Phi) is 8.75. The van der Waals surface area contributed by atoms with Crippen molar-refractivity contribution in [1.29, 1.82) is 0 Å². The van der Waals surface area contributed by atoms with Crippen molar-refractivity contribution < 1.29 is 14.3 Å². The molecule has 0 aliphatic heterocycles. The first kappa shape index (κ1) is 24.2. The van der Waals surface area contributed by atoms with Gasteiger partial charge in [0.25, 0.3) is 0 Å². The normalized spacial score (nSPS) is 10.8. The van der Waals surface area contributed by atoms with Gasteiger partial charge in [0, 0.05) is 43.3 Å². The Morgan fingerprint density at radius 3 is 2.45 bits per heavy atom. The molecule has 2 aromatic carbocycles. The summed E-state index contributed by atoms with van der Waals surface area (Å²) in [5, 5.41) is 3.98. The van der Waals surface area contributed by atoms with Crippen LogP contribution >= 0.6 is 0 Å². The molecule has 0 spiro atoms. The number of hydrogen-bond donors (Lipinski definition) is 2. The first-order valence-electron chi connectivity index (χ1n) is 11.5. The monoisotopic (exact) mass is 450 g/mol. The van der Waals surface area contributed by atoms with Gasteiger partial charge in [-0.1, -0.05) is 37.3 Å². The summed E-state index contributed by atoms with van der Waals surface area (Å²) in [6.07, 6.45) is 3.53. The number of H-pyrrole nitrogens is 1. The average Bonchev–Trinajstić information content (AvgIpc) is 3.25. The summed E-state index contributed by atoms with van der Waals surface area (Å²) in [6.45, 7) is 6.04. The zero-order valence-electron chi connectivity index (χ0n) is 19.8. The predicted molar refractivity (Wildman–Crippen MR) is 131 cm³/mol. The summed E-state index contributed by atoms with van der Waals surface area (Å²) in [7, 11) is 1.63. The van der Waals surface area contributed by atoms with Crippen molar-refractivity contribution in [2.45, 2.75) is 33.2 Å². The fourth-order valence-electron chi connectivity index (χ4n) is 3.89. The molecule has 0 fully saturated rings. The summed E-state index contributed by atoms with van der Waals surface area (Å²) < 4.78 is 5.25. The number of nitrogens with one attached hydrogen (secondary N) is 2. The smallest absolute Gasteiger partial charge is 0.317 e. The summed E-state index contributed by atoms with van der Waals surface area (Å²) in [6, 6.07) is 15.7. The van der Waals surface area contributed by atoms with Gasteiger partial charge >= 0.3 is 6.03 Å². The van der Waals surface area contributed by atoms with E-state index in [1.165, 1.54) is 10.9 Å². The van der Waals surface area contributed by atoms with Crippen LogP contribution in [0.15, 0.2) is 54.7 Å². The molecule has 0 aliphatic rings. The summed E-state index contributed by atoms with van der Waals surface area (Å²) >= 11 is 0. The van der Waals surface area contributed by atoms with E-state index in [9.17, 15) is 9.59 Å². The molecule has 3 rings (SSSR count). The van der Waals surface area contributed by atoms with Gasteiger partial charge in [-0.15, -0.1) is 0 Å². The SMILES string of the molecule is CCCN(CC(=O)N(CCc1c[nH]c2ccccc12)Cc1ccc(OC)cc1)C(=O)NCC. The Balaban J connectivity index is 1.77. The molecule has 0 bridgehead atoms. The maximum Gasteiger partial charge on any atom is 0.317 e. The van der Waals surface area contributed by atoms with Gasteiger partial charge in [-0.3, -0.25) is 4.79 Å². The number of urea groups is 1. The molecule has 176 valence electrons. The fraction of sp³-hybridized carbons (Fsp3) is 0.385. The number of benzene rings is 2. The molecule has 3 amide bonds. The number of nitrogens with zero attached hydrogens (tertiary/aromatic N) is 2. The van der Waals surface area contributed by atoms with Crippen molar-refractivity contribution in [1.82, 2.24) is 20.1 Å². The van der Waals surface area contributed by atoms with Crippen molar-refractivity contribution in [2.24, 2.45) is 0 Å². The molecule has 0 saturated carbocycles. The number of aromatic nitrogens is 1. The van der Waals surface area contributed by atoms with Crippen LogP contribution in [0.2, 0.25) is 0 Å². The first-order valence-corrected chi connectivity index (χ1v) is 11.5. The topological polar surface area (TPSA) is 77.7 Å². The van der Waals surface area contributed by atoms with Gasteiger partial charge in [0.1, 0.15) is 12.3 Å². The van der Waals surface area contributed by atoms with E-state index in [0.717, 1.165) is 29.7 Å². The third kappa shape index (κ3) is 6.51. The number of rotatable bonds is 11. The van der Waals surface area contributed by atoms with Gasteiger partial charge in [-0.2, -0.15) is 0 Å². The van der Waals surface area contributed by atoms with Crippen LogP contribution in [0.3, 0.4) is 0 Å². The molecule has 1 aromatic heterocycles. The highest BCUT2D eigenvalue weighted by Crippen LogP contribution is 2.19. The summed E-state index contributed by atoms with van der Waals surface area (Å²) in [5.41, 5.74) is 3.28. The van der Waals surface area contributed by atoms with Crippen LogP contribution in [0.5, 0.6) is 5.75 Å². The van der Waals surface area contributed by atoms with Gasteiger partial charge in [0.2, 0.25) is 5.91 Å². The number of fused-ring (bicyclic) bond motifs is 1. The van der Waals surface area contributed by atoms with Crippen LogP contribution in [-0.4, -0.2) is 60.0 Å². The van der Waals surface area contributed by atoms with Crippen LogP contribution in [-0.2, 0) is 17.8 Å². The first-order chi connectivity index (χ1) is 16.0. The van der Waals surface area contributed by atoms with Gasteiger partial charge in [-0.05, 0) is 49.1 Å². The molecular weight excluding hydrogens is 416 g/mol. The lowest BCUT2D eigenvalue weighted by Gasteiger charge is -2.28. The van der Waals surface area contributed by atoms with Gasteiger partial charge in [0.15, 0.2) is 0 Å². The van der Waals surface area contributed by atoms with E-state index >= 15 is 0 Å². The van der Waals surface area contributed by atoms with Crippen molar-refractivity contribution in [2.75, 3.05) is 33.3 Å². The molecule has 0 unspecified atom stereocenters. The number of aromatic amines is 1. The van der Waals surface area contributed by atoms with Crippen molar-refractivity contribution in [3.63, 3.8) is 0 Å². The van der Waals surface area contributed by atoms with Gasteiger partial charge < -0.3 is 24.8 Å². The zero-order valence-corrected chi connectivity index (χ0v) is 19.8. The minimum atomic E-state index is -0.200. The summed E-state index contributed by atoms with van der Waals surface area (Å²) in [4.78, 5) is 32.5. The highest BCUT2D eigenvalue weighted by molar-refractivity contribution is 5.85. The Morgan fingerprint density at radius 1 is 1.00 bits per heavy atom. The maximum atomic E-state index is 13.4. The molecule has 2 N–H and O–H groups in total. The Morgan fingerprint density at radius 2 is 1.76 bits per heavy atom. The molecule has 3 aromatic rings. The molecule has 0 aliphatic carbocycles. The van der Waals surface area contributed by atoms with E-state index in [-0.39, 0.29) is 18.5 Å². The highest BCUT2D eigenvalue weighted by atomic mass is 16.5. The predicted octanol–water partition coefficient (Wildman–Crippen LogP) is 4.19. The van der Waals surface area contributed by atoms with E-state index in [2.05, 4.69) is 16.4 Å². The largest absolute Gasteiger partial charge is 0.497 e. The van der Waals surface area contributed by atoms with Crippen LogP contribution in [0.1, 0.15) is 31.4 Å². The Hall–Kier alpha value is -3.48. The van der Waals surface area contributed by atoms with Crippen LogP contribution in [0, 0.1) is 0 Å². The molecular formula is C26H34N4O3. The van der Waals surface area contributed by atoms with Crippen molar-refractivity contribution in [3.8, 4) is 5.75 Å². The van der Waals surface area contributed by atoms with Crippen LogP contribution in [0.25, 0.3) is 10.9 Å². The Bertz CT molecular complexity index is 1050. The quantitative estimate of drug-likeness (QED) is 0.460. The van der Waals surface area contributed by atoms with E-state index in [0.29, 0.717) is 26.2 Å². The minimum Gasteiger partial charge on any atom is -0.497 e. The molecule has 1 heterocycles. The van der Waals surface area contributed by atoms with E-state index in [1.54, 1.807) is 12.0 Å². The number of methoxy groups -OCH3 is 1. The number of amides is 3. The molecule has 0 atom stereocenters. The van der Waals surface area contributed by atoms with Crippen LogP contribution in [0.4, 0.5) is 4.79 Å². The van der Waals surface area contributed by atoms with Gasteiger partial charge in [-0.25, -0.2) is 4.79 Å². The Labute approximate surface area is 195 Å². The second kappa shape index (κ2) is 11.9. The van der Waals surface area contributed by atoms with Crippen LogP contribution < -0.4 is 10.1 Å². The molecule has 7 heteroatoms. The number of para-hydroxylation sites is 1. The minimum absolute atomic E-state index is 0.0592. The molecule has 7 nitrogen and oxygen atoms in total. The maximum absolute atomic E-state index is 13.4. The molecule has 0 saturated heterocycles. The average molecular weight is 451 g/mol. The molecule has 33 heavy (non-hydrogen) atoms. The van der Waals surface area contributed by atoms with E-state index in [1.807, 2.05) is 67.4 Å². The lowest BCUT2D eigenvalue weighted by Crippen LogP contribution is -2.47. The lowest BCUT2D eigenvalue weighted by atomic mass is 10.1. The summed E-state index contributed by atoms with van der Waals surface area (Å²) in [5.74, 6) is 0.714. The number of carbonyl (C=O) groups is 2. The second-order valence-electron chi connectivity index (χ2n) is 8.03. The fourth-order valence-corrected chi connectivity index (χ4v) is 3.89. The highest BCUT2D eigenvalue weighted by Gasteiger charge is 2.21. The van der Waals surface area contributed by atoms with E-state index in [4.69, 9.17) is 4.74 Å². The number of ether oxygens (including phenoxy) is 1. The van der Waals surface area contributed by atoms with E-state index < -0.39 is 0 Å². The third-order valence-corrected chi connectivity index (χ3v) is 5.65. The van der Waals surface area contributed by atoms with Crippen molar-refractivity contribution >= 4 is 22.8 Å².